The molecule has 4 atom stereocenters. The second kappa shape index (κ2) is 7.49. The van der Waals surface area contributed by atoms with E-state index in [4.69, 9.17) is 9.26 Å². The molecule has 106 valence electrons. The average Bonchev–Trinajstić information content (AvgIpc) is 2.41. The van der Waals surface area contributed by atoms with Crippen LogP contribution in [0, 0.1) is 0 Å². The zero-order valence-electron chi connectivity index (χ0n) is 9.29. The van der Waals surface area contributed by atoms with Gasteiger partial charge in [0.05, 0.1) is 24.5 Å². The van der Waals surface area contributed by atoms with Gasteiger partial charge in [-0.1, -0.05) is 28.7 Å². The highest BCUT2D eigenvalue weighted by atomic mass is 31.2. The van der Waals surface area contributed by atoms with E-state index in [9.17, 15) is 14.6 Å². The fourth-order valence-corrected chi connectivity index (χ4v) is 2.07. The smallest absolute Gasteiger partial charge is 0.330 e. The molecule has 0 saturated carbocycles. The van der Waals surface area contributed by atoms with Gasteiger partial charge in [-0.15, -0.1) is 0 Å². The third-order valence-electron chi connectivity index (χ3n) is 2.49. The number of hydrogen-bond acceptors (Lipinski definition) is 4. The van der Waals surface area contributed by atoms with E-state index in [0.717, 1.165) is 0 Å². The van der Waals surface area contributed by atoms with Crippen LogP contribution in [0.1, 0.15) is 42.0 Å². The van der Waals surface area contributed by atoms with E-state index in [0.29, 0.717) is 6.42 Å². The molecule has 0 spiro atoms. The summed E-state index contributed by atoms with van der Waals surface area (Å²) in [6.45, 7) is 5.06. The summed E-state index contributed by atoms with van der Waals surface area (Å²) in [5, 5.41) is 9.52. The van der Waals surface area contributed by atoms with Crippen molar-refractivity contribution >= 4 is 7.60 Å². The minimum absolute atomic E-state index is 0. The summed E-state index contributed by atoms with van der Waals surface area (Å²) in [7, 11) is -3.55. The molecule has 1 heterocycles. The van der Waals surface area contributed by atoms with Crippen molar-refractivity contribution in [2.45, 2.75) is 66.0 Å². The van der Waals surface area contributed by atoms with Crippen molar-refractivity contribution < 1.29 is 23.8 Å². The first kappa shape index (κ1) is 19.4. The van der Waals surface area contributed by atoms with Gasteiger partial charge in [0, 0.05) is 6.42 Å². The largest absolute Gasteiger partial charge is 0.390 e. The first-order chi connectivity index (χ1) is 6.83. The Labute approximate surface area is 105 Å². The van der Waals surface area contributed by atoms with Crippen LogP contribution in [-0.4, -0.2) is 40.6 Å². The molecule has 4 unspecified atom stereocenters. The van der Waals surface area contributed by atoms with Gasteiger partial charge in [-0.25, -0.2) is 0 Å². The van der Waals surface area contributed by atoms with E-state index in [1.807, 2.05) is 6.92 Å². The highest BCUT2D eigenvalue weighted by Crippen LogP contribution is 2.47. The van der Waals surface area contributed by atoms with Crippen molar-refractivity contribution in [1.82, 2.24) is 0 Å². The van der Waals surface area contributed by atoms with Crippen molar-refractivity contribution in [1.29, 1.82) is 0 Å². The van der Waals surface area contributed by atoms with Crippen molar-refractivity contribution in [3.63, 3.8) is 0 Å². The zero-order chi connectivity index (χ0) is 11.6. The third-order valence-corrected chi connectivity index (χ3v) is 4.31. The van der Waals surface area contributed by atoms with Crippen molar-refractivity contribution in [2.75, 3.05) is 6.61 Å². The Morgan fingerprint density at radius 2 is 2.00 bits per heavy atom. The van der Waals surface area contributed by atoms with Gasteiger partial charge in [0.2, 0.25) is 0 Å². The van der Waals surface area contributed by atoms with Crippen LogP contribution < -0.4 is 0 Å². The van der Waals surface area contributed by atoms with Gasteiger partial charge in [-0.2, -0.15) is 0 Å². The van der Waals surface area contributed by atoms with E-state index in [2.05, 4.69) is 0 Å². The lowest BCUT2D eigenvalue weighted by atomic mass is 10.1. The maximum atomic E-state index is 11.5. The molecule has 0 aliphatic carbocycles. The van der Waals surface area contributed by atoms with Crippen LogP contribution >= 0.6 is 7.60 Å². The van der Waals surface area contributed by atoms with Gasteiger partial charge in [-0.05, 0) is 6.92 Å². The Bertz CT molecular complexity index is 256. The summed E-state index contributed by atoms with van der Waals surface area (Å²) in [4.78, 5) is 9.40. The second-order valence-corrected chi connectivity index (χ2v) is 6.66. The number of aliphatic hydroxyl groups is 1. The highest BCUT2D eigenvalue weighted by Gasteiger charge is 2.34. The predicted octanol–water partition coefficient (Wildman–Crippen LogP) is 2.41. The fourth-order valence-electron chi connectivity index (χ4n) is 1.42. The maximum Gasteiger partial charge on any atom is 0.330 e. The highest BCUT2D eigenvalue weighted by molar-refractivity contribution is 7.53. The molecular weight excluding hydrogens is 243 g/mol. The second-order valence-electron chi connectivity index (χ2n) is 4.24. The molecule has 0 amide bonds. The minimum atomic E-state index is -3.55. The Balaban J connectivity index is 0. The molecule has 1 fully saturated rings. The summed E-state index contributed by atoms with van der Waals surface area (Å²) in [6.07, 6.45) is -0.567. The van der Waals surface area contributed by atoms with Gasteiger partial charge in [0.15, 0.2) is 0 Å². The van der Waals surface area contributed by atoms with Crippen LogP contribution in [0.5, 0.6) is 0 Å². The summed E-state index contributed by atoms with van der Waals surface area (Å²) in [5.41, 5.74) is -0.437. The van der Waals surface area contributed by atoms with E-state index in [-0.39, 0.29) is 27.6 Å². The van der Waals surface area contributed by atoms with Crippen molar-refractivity contribution in [3.05, 3.63) is 0 Å². The number of rotatable bonds is 4. The molecule has 1 aliphatic heterocycles. The van der Waals surface area contributed by atoms with E-state index < -0.39 is 25.5 Å². The molecule has 0 bridgehead atoms. The van der Waals surface area contributed by atoms with E-state index >= 15 is 0 Å². The Morgan fingerprint density at radius 3 is 2.35 bits per heavy atom. The number of aliphatic hydroxyl groups excluding tert-OH is 1. The third kappa shape index (κ3) is 5.49. The number of ether oxygens (including phenoxy) is 1. The maximum absolute atomic E-state index is 11.5. The molecular formula is C11H27O5P. The summed E-state index contributed by atoms with van der Waals surface area (Å²) >= 11 is 0. The zero-order valence-corrected chi connectivity index (χ0v) is 10.2. The predicted molar refractivity (Wildman–Crippen MR) is 69.3 cm³/mol. The molecule has 1 rings (SSSR count). The van der Waals surface area contributed by atoms with Gasteiger partial charge in [0.25, 0.3) is 0 Å². The van der Waals surface area contributed by atoms with Gasteiger partial charge < -0.3 is 19.3 Å². The van der Waals surface area contributed by atoms with Gasteiger partial charge in [0.1, 0.15) is 6.10 Å². The van der Waals surface area contributed by atoms with Crippen LogP contribution in [0.3, 0.4) is 0 Å². The topological polar surface area (TPSA) is 76.0 Å². The molecule has 1 aliphatic rings. The van der Waals surface area contributed by atoms with Crippen LogP contribution in [0.15, 0.2) is 0 Å². The molecule has 0 aromatic heterocycles. The minimum Gasteiger partial charge on any atom is -0.390 e. The standard InChI is InChI=1S/C9H19O5P.2CH4/c1-6(2)15(11,12)13-5-9-8(10)4-7(3)14-9;;/h6-10H,4-5H2,1-3H3,(H,11,12);2*1H4. The molecule has 2 N–H and O–H groups in total. The summed E-state index contributed by atoms with van der Waals surface area (Å²) in [5.74, 6) is 0. The van der Waals surface area contributed by atoms with Gasteiger partial charge in [-0.3, -0.25) is 4.57 Å². The van der Waals surface area contributed by atoms with Crippen LogP contribution in [0.25, 0.3) is 0 Å². The van der Waals surface area contributed by atoms with Gasteiger partial charge >= 0.3 is 7.60 Å². The first-order valence-corrected chi connectivity index (χ1v) is 6.78. The normalized spacial score (nSPS) is 31.5. The summed E-state index contributed by atoms with van der Waals surface area (Å²) < 4.78 is 21.7. The fraction of sp³-hybridized carbons (Fsp3) is 1.00. The Kier molecular flexibility index (Phi) is 8.56. The van der Waals surface area contributed by atoms with Crippen molar-refractivity contribution in [2.24, 2.45) is 0 Å². The van der Waals surface area contributed by atoms with Crippen molar-refractivity contribution in [3.8, 4) is 0 Å². The SMILES string of the molecule is C.C.CC1CC(O)C(COP(=O)(O)C(C)C)O1. The van der Waals surface area contributed by atoms with Crippen LogP contribution in [0.2, 0.25) is 0 Å². The van der Waals surface area contributed by atoms with E-state index in [1.165, 1.54) is 0 Å². The van der Waals surface area contributed by atoms with E-state index in [1.54, 1.807) is 13.8 Å². The molecule has 6 heteroatoms. The summed E-state index contributed by atoms with van der Waals surface area (Å²) in [6, 6.07) is 0. The molecule has 0 aromatic rings. The van der Waals surface area contributed by atoms with Crippen LogP contribution in [-0.2, 0) is 13.8 Å². The molecule has 5 nitrogen and oxygen atoms in total. The molecule has 17 heavy (non-hydrogen) atoms. The Morgan fingerprint density at radius 1 is 1.47 bits per heavy atom. The molecule has 0 radical (unpaired) electrons. The monoisotopic (exact) mass is 270 g/mol. The molecule has 1 saturated heterocycles. The average molecular weight is 270 g/mol. The number of hydrogen-bond donors (Lipinski definition) is 2. The first-order valence-electron chi connectivity index (χ1n) is 5.13. The lowest BCUT2D eigenvalue weighted by Crippen LogP contribution is -2.26. The quantitative estimate of drug-likeness (QED) is 0.767. The Hall–Kier alpha value is 0.0700. The lowest BCUT2D eigenvalue weighted by molar-refractivity contribution is -0.0132. The lowest BCUT2D eigenvalue weighted by Gasteiger charge is -2.19. The molecule has 0 aromatic carbocycles. The van der Waals surface area contributed by atoms with Crippen LogP contribution in [0.4, 0.5) is 0 Å².